The van der Waals surface area contributed by atoms with Crippen LogP contribution in [0.25, 0.3) is 0 Å². The molecule has 0 radical (unpaired) electrons. The smallest absolute Gasteiger partial charge is 0.169 e. The van der Waals surface area contributed by atoms with Gasteiger partial charge in [0.05, 0.1) is 18.2 Å². The SMILES string of the molecule is CC(C)(C)N=[N+]([O-])OCc1ccc(C#N)cc1. The van der Waals surface area contributed by atoms with E-state index in [0.717, 1.165) is 5.56 Å². The molecule has 17 heavy (non-hydrogen) atoms. The zero-order valence-corrected chi connectivity index (χ0v) is 10.2. The second-order valence-corrected chi connectivity index (χ2v) is 4.59. The molecule has 0 saturated heterocycles. The summed E-state index contributed by atoms with van der Waals surface area (Å²) in [4.78, 5) is 4.91. The van der Waals surface area contributed by atoms with Gasteiger partial charge in [-0.3, -0.25) is 0 Å². The van der Waals surface area contributed by atoms with E-state index in [1.54, 1.807) is 24.3 Å². The van der Waals surface area contributed by atoms with Gasteiger partial charge >= 0.3 is 0 Å². The van der Waals surface area contributed by atoms with Crippen molar-refractivity contribution in [1.29, 1.82) is 5.26 Å². The topological polar surface area (TPSA) is 71.4 Å². The minimum atomic E-state index is -0.466. The first kappa shape index (κ1) is 13.0. The van der Waals surface area contributed by atoms with E-state index in [1.165, 1.54) is 0 Å². The van der Waals surface area contributed by atoms with Crippen LogP contribution < -0.4 is 0 Å². The van der Waals surface area contributed by atoms with Crippen LogP contribution in [0.15, 0.2) is 29.4 Å². The highest BCUT2D eigenvalue weighted by Gasteiger charge is 2.14. The zero-order chi connectivity index (χ0) is 12.9. The standard InChI is InChI=1S/C12H15N3O2/c1-12(2,3)14-15(16)17-9-11-6-4-10(8-13)5-7-11/h4-7H,9H2,1-3H3. The molecule has 0 fully saturated rings. The third-order valence-electron chi connectivity index (χ3n) is 1.81. The molecule has 5 heteroatoms. The number of hydrogen-bond donors (Lipinski definition) is 0. The summed E-state index contributed by atoms with van der Waals surface area (Å²) >= 11 is 0. The predicted octanol–water partition coefficient (Wildman–Crippen LogP) is 2.75. The van der Waals surface area contributed by atoms with E-state index in [4.69, 9.17) is 10.1 Å². The van der Waals surface area contributed by atoms with Gasteiger partial charge in [-0.15, -0.1) is 0 Å². The Bertz CT molecular complexity index is 438. The average molecular weight is 233 g/mol. The molecule has 1 aromatic rings. The van der Waals surface area contributed by atoms with Crippen molar-refractivity contribution in [3.8, 4) is 6.07 Å². The van der Waals surface area contributed by atoms with Crippen molar-refractivity contribution in [2.24, 2.45) is 5.11 Å². The third kappa shape index (κ3) is 4.98. The summed E-state index contributed by atoms with van der Waals surface area (Å²) in [5.74, 6) is 0. The molecule has 1 aromatic carbocycles. The summed E-state index contributed by atoms with van der Waals surface area (Å²) in [5, 5.41) is 23.8. The maximum absolute atomic E-state index is 11.2. The van der Waals surface area contributed by atoms with Gasteiger partial charge in [-0.05, 0) is 38.5 Å². The molecule has 0 amide bonds. The van der Waals surface area contributed by atoms with E-state index < -0.39 is 5.54 Å². The summed E-state index contributed by atoms with van der Waals surface area (Å²) < 4.78 is 0. The molecular formula is C12H15N3O2. The lowest BCUT2D eigenvalue weighted by Crippen LogP contribution is -2.15. The van der Waals surface area contributed by atoms with Crippen molar-refractivity contribution in [2.45, 2.75) is 32.9 Å². The number of hydrogen-bond acceptors (Lipinski definition) is 4. The molecule has 0 aliphatic heterocycles. The molecule has 0 heterocycles. The van der Waals surface area contributed by atoms with E-state index in [0.29, 0.717) is 5.56 Å². The van der Waals surface area contributed by atoms with Crippen LogP contribution in [0.3, 0.4) is 0 Å². The van der Waals surface area contributed by atoms with E-state index >= 15 is 0 Å². The molecule has 0 atom stereocenters. The van der Waals surface area contributed by atoms with Crippen LogP contribution >= 0.6 is 0 Å². The van der Waals surface area contributed by atoms with E-state index in [9.17, 15) is 5.21 Å². The van der Waals surface area contributed by atoms with Crippen LogP contribution in [0, 0.1) is 16.5 Å². The van der Waals surface area contributed by atoms with Gasteiger partial charge in [0.2, 0.25) is 0 Å². The molecule has 0 aliphatic rings. The summed E-state index contributed by atoms with van der Waals surface area (Å²) in [6.07, 6.45) is 0. The fourth-order valence-corrected chi connectivity index (χ4v) is 1.08. The van der Waals surface area contributed by atoms with E-state index in [2.05, 4.69) is 5.11 Å². The Morgan fingerprint density at radius 1 is 1.35 bits per heavy atom. The van der Waals surface area contributed by atoms with Crippen molar-refractivity contribution >= 4 is 0 Å². The van der Waals surface area contributed by atoms with Crippen LogP contribution in [0.5, 0.6) is 0 Å². The van der Waals surface area contributed by atoms with Gasteiger partial charge in [0.25, 0.3) is 0 Å². The molecule has 0 bridgehead atoms. The molecule has 0 spiro atoms. The second-order valence-electron chi connectivity index (χ2n) is 4.59. The Morgan fingerprint density at radius 3 is 2.41 bits per heavy atom. The second kappa shape index (κ2) is 5.30. The van der Waals surface area contributed by atoms with Gasteiger partial charge in [-0.2, -0.15) is 5.26 Å². The Balaban J connectivity index is 2.56. The Labute approximate surface area is 100 Å². The van der Waals surface area contributed by atoms with Crippen LogP contribution in [-0.2, 0) is 11.4 Å². The molecular weight excluding hydrogens is 218 g/mol. The fourth-order valence-electron chi connectivity index (χ4n) is 1.08. The summed E-state index contributed by atoms with van der Waals surface area (Å²) in [5.41, 5.74) is 0.924. The Kier molecular flexibility index (Phi) is 4.05. The molecule has 0 aromatic heterocycles. The molecule has 0 N–H and O–H groups in total. The van der Waals surface area contributed by atoms with Crippen LogP contribution in [0.2, 0.25) is 0 Å². The fraction of sp³-hybridized carbons (Fsp3) is 0.417. The lowest BCUT2D eigenvalue weighted by molar-refractivity contribution is -0.798. The summed E-state index contributed by atoms with van der Waals surface area (Å²) in [6.45, 7) is 5.56. The summed E-state index contributed by atoms with van der Waals surface area (Å²) in [6, 6.07) is 8.85. The maximum atomic E-state index is 11.2. The molecule has 90 valence electrons. The Morgan fingerprint density at radius 2 is 1.94 bits per heavy atom. The number of rotatable bonds is 3. The number of benzene rings is 1. The molecule has 1 rings (SSSR count). The van der Waals surface area contributed by atoms with Crippen molar-refractivity contribution in [1.82, 2.24) is 0 Å². The minimum absolute atomic E-state index is 0.134. The third-order valence-corrected chi connectivity index (χ3v) is 1.81. The lowest BCUT2D eigenvalue weighted by Gasteiger charge is -2.08. The first-order chi connectivity index (χ1) is 7.90. The largest absolute Gasteiger partial charge is 0.376 e. The van der Waals surface area contributed by atoms with Gasteiger partial charge in [0.15, 0.2) is 5.02 Å². The highest BCUT2D eigenvalue weighted by molar-refractivity contribution is 5.31. The van der Waals surface area contributed by atoms with Crippen LogP contribution in [0.1, 0.15) is 31.9 Å². The average Bonchev–Trinajstić information content (AvgIpc) is 2.25. The minimum Gasteiger partial charge on any atom is -0.376 e. The first-order valence-corrected chi connectivity index (χ1v) is 5.23. The van der Waals surface area contributed by atoms with Gasteiger partial charge < -0.3 is 4.84 Å². The van der Waals surface area contributed by atoms with E-state index in [-0.39, 0.29) is 11.6 Å². The van der Waals surface area contributed by atoms with Gasteiger partial charge in [-0.1, -0.05) is 12.1 Å². The normalized spacial score (nSPS) is 12.0. The highest BCUT2D eigenvalue weighted by Crippen LogP contribution is 2.08. The van der Waals surface area contributed by atoms with Gasteiger partial charge in [-0.25, -0.2) is 5.21 Å². The predicted molar refractivity (Wildman–Crippen MR) is 61.8 cm³/mol. The van der Waals surface area contributed by atoms with Crippen molar-refractivity contribution in [2.75, 3.05) is 0 Å². The van der Waals surface area contributed by atoms with Gasteiger partial charge in [0, 0.05) is 5.11 Å². The molecule has 0 saturated carbocycles. The van der Waals surface area contributed by atoms with Crippen LogP contribution in [-0.4, -0.2) is 10.6 Å². The monoisotopic (exact) mass is 233 g/mol. The molecule has 0 unspecified atom stereocenters. The number of nitriles is 1. The summed E-state index contributed by atoms with van der Waals surface area (Å²) in [7, 11) is 0. The molecule has 0 aliphatic carbocycles. The van der Waals surface area contributed by atoms with Crippen molar-refractivity contribution in [3.63, 3.8) is 0 Å². The van der Waals surface area contributed by atoms with Gasteiger partial charge in [0.1, 0.15) is 5.54 Å². The maximum Gasteiger partial charge on any atom is 0.169 e. The van der Waals surface area contributed by atoms with Crippen LogP contribution in [0.4, 0.5) is 0 Å². The Hall–Kier alpha value is -2.09. The molecule has 5 nitrogen and oxygen atoms in total. The quantitative estimate of drug-likeness (QED) is 0.595. The highest BCUT2D eigenvalue weighted by atomic mass is 16.9. The van der Waals surface area contributed by atoms with Crippen molar-refractivity contribution in [3.05, 3.63) is 40.6 Å². The van der Waals surface area contributed by atoms with Crippen molar-refractivity contribution < 1.29 is 9.86 Å². The first-order valence-electron chi connectivity index (χ1n) is 5.23. The number of nitrogens with zero attached hydrogens (tertiary/aromatic N) is 3. The van der Waals surface area contributed by atoms with E-state index in [1.807, 2.05) is 26.8 Å². The lowest BCUT2D eigenvalue weighted by atomic mass is 10.1. The zero-order valence-electron chi connectivity index (χ0n) is 10.2.